The van der Waals surface area contributed by atoms with Crippen molar-refractivity contribution in [3.05, 3.63) is 115 Å². The number of carboxylic acids is 1. The van der Waals surface area contributed by atoms with E-state index in [1.54, 1.807) is 30.6 Å². The molecule has 2 aliphatic rings. The minimum Gasteiger partial charge on any atom is -0.480 e. The number of aromatic amines is 2. The third-order valence-corrected chi connectivity index (χ3v) is 14.0. The minimum atomic E-state index is -1.09. The van der Waals surface area contributed by atoms with E-state index in [2.05, 4.69) is 58.7 Å². The number of benzene rings is 4. The van der Waals surface area contributed by atoms with Gasteiger partial charge in [-0.2, -0.15) is 10.2 Å². The number of aromatic nitrogens is 6. The largest absolute Gasteiger partial charge is 0.480 e. The van der Waals surface area contributed by atoms with E-state index < -0.39 is 14.0 Å². The van der Waals surface area contributed by atoms with E-state index in [0.29, 0.717) is 23.9 Å². The third kappa shape index (κ3) is 15.0. The lowest BCUT2D eigenvalue weighted by Crippen LogP contribution is -2.36. The van der Waals surface area contributed by atoms with Crippen LogP contribution in [0.15, 0.2) is 109 Å². The first-order chi connectivity index (χ1) is 32.7. The number of nitrogens with two attached hydrogens (primary N) is 2. The lowest BCUT2D eigenvalue weighted by atomic mass is 9.99. The molecule has 2 fully saturated rings. The molecular weight excluding hydrogens is 873 g/mol. The van der Waals surface area contributed by atoms with Gasteiger partial charge in [-0.3, -0.25) is 19.7 Å². The van der Waals surface area contributed by atoms with Crippen LogP contribution in [0.3, 0.4) is 0 Å². The van der Waals surface area contributed by atoms with Gasteiger partial charge in [-0.05, 0) is 160 Å². The van der Waals surface area contributed by atoms with Gasteiger partial charge in [0.25, 0.3) is 0 Å². The van der Waals surface area contributed by atoms with Gasteiger partial charge < -0.3 is 35.8 Å². The van der Waals surface area contributed by atoms with Crippen molar-refractivity contribution in [3.63, 3.8) is 0 Å². The number of nitrogens with one attached hydrogen (secondary N) is 2. The molecule has 0 atom stereocenters. The number of anilines is 2. The van der Waals surface area contributed by atoms with Gasteiger partial charge in [0, 0.05) is 44.8 Å². The quantitative estimate of drug-likeness (QED) is 0.0371. The van der Waals surface area contributed by atoms with Crippen molar-refractivity contribution in [1.82, 2.24) is 39.7 Å². The Morgan fingerprint density at radius 1 is 0.735 bits per heavy atom. The summed E-state index contributed by atoms with van der Waals surface area (Å²) in [6.07, 6.45) is 8.38. The lowest BCUT2D eigenvalue weighted by molar-refractivity contribution is -0.138. The van der Waals surface area contributed by atoms with Crippen molar-refractivity contribution in [2.45, 2.75) is 78.5 Å². The Morgan fingerprint density at radius 2 is 1.34 bits per heavy atom. The Hall–Kier alpha value is -6.46. The Bertz CT molecular complexity index is 2630. The van der Waals surface area contributed by atoms with Crippen molar-refractivity contribution in [2.75, 3.05) is 50.8 Å². The second-order valence-corrected chi connectivity index (χ2v) is 24.9. The van der Waals surface area contributed by atoms with Crippen LogP contribution in [0.25, 0.3) is 33.5 Å². The number of imidazole rings is 1. The van der Waals surface area contributed by atoms with Gasteiger partial charge in [0.15, 0.2) is 0 Å². The molecule has 0 saturated carbocycles. The molecule has 68 heavy (non-hydrogen) atoms. The van der Waals surface area contributed by atoms with Crippen LogP contribution in [0.1, 0.15) is 45.4 Å². The highest BCUT2D eigenvalue weighted by atomic mass is 28.3. The Morgan fingerprint density at radius 3 is 1.94 bits per heavy atom. The van der Waals surface area contributed by atoms with Crippen LogP contribution in [-0.2, 0) is 22.8 Å². The van der Waals surface area contributed by atoms with Crippen molar-refractivity contribution in [1.29, 1.82) is 0 Å². The predicted molar refractivity (Wildman–Crippen MR) is 273 cm³/mol. The molecule has 0 spiro atoms. The molecule has 0 amide bonds. The zero-order valence-corrected chi connectivity index (χ0v) is 41.2. The van der Waals surface area contributed by atoms with E-state index in [-0.39, 0.29) is 6.54 Å². The fourth-order valence-electron chi connectivity index (χ4n) is 7.93. The van der Waals surface area contributed by atoms with E-state index in [1.165, 1.54) is 12.8 Å². The maximum atomic E-state index is 10.3. The van der Waals surface area contributed by atoms with Gasteiger partial charge in [0.1, 0.15) is 35.6 Å². The molecule has 0 radical (unpaired) electrons. The number of likely N-dealkylation sites (tertiary alicyclic amines) is 2. The number of hydrogen-bond acceptors (Lipinski definition) is 11. The summed E-state index contributed by atoms with van der Waals surface area (Å²) in [6.45, 7) is 18.1. The van der Waals surface area contributed by atoms with Crippen molar-refractivity contribution < 1.29 is 24.1 Å². The molecule has 0 aliphatic carbocycles. The second kappa shape index (κ2) is 23.5. The summed E-state index contributed by atoms with van der Waals surface area (Å²) in [6, 6.07) is 32.2. The maximum absolute atomic E-state index is 10.3. The summed E-state index contributed by atoms with van der Waals surface area (Å²) in [4.78, 5) is 23.0. The molecule has 16 heteroatoms. The summed E-state index contributed by atoms with van der Waals surface area (Å²) in [5.41, 5.74) is 18.7. The fraction of sp³-hybridized carbons (Fsp3) is 0.385. The summed E-state index contributed by atoms with van der Waals surface area (Å²) in [5, 5.41) is 19.8. The van der Waals surface area contributed by atoms with Gasteiger partial charge in [0.05, 0.1) is 46.9 Å². The number of aliphatic carboxylic acids is 1. The topological polar surface area (TPSA) is 199 Å². The summed E-state index contributed by atoms with van der Waals surface area (Å²) >= 11 is 0. The monoisotopic (exact) mass is 941 g/mol. The molecule has 7 aromatic rings. The number of ether oxygens (including phenoxy) is 3. The van der Waals surface area contributed by atoms with E-state index in [4.69, 9.17) is 35.8 Å². The normalized spacial score (nSPS) is 15.0. The average Bonchev–Trinajstić information content (AvgIpc) is 4.11. The number of fused-ring (bicyclic) bond motifs is 1. The molecule has 360 valence electrons. The Balaban J connectivity index is 0.000000165. The van der Waals surface area contributed by atoms with Crippen molar-refractivity contribution >= 4 is 36.5 Å². The molecular formula is C52H68N10O5Si. The van der Waals surface area contributed by atoms with Gasteiger partial charge in [-0.1, -0.05) is 33.5 Å². The molecule has 4 aromatic carbocycles. The molecule has 0 bridgehead atoms. The standard InChI is InChI=1S/C23H25N5O.C21H28N4O2Si.C8H15NO2/c1-16-9-12-28(13-10-16)15-23-25-21-7-6-19(14-22(21)26-23)29-18-4-2-17(3-5-18)20-8-11-24-27-20;1-28(2,3)13-12-26-15-25-21(10-11-24-25)16-4-6-17(7-5-16)27-18-8-9-19(22)20(23)14-18;1-7-2-4-9(5-3-7)6-8(10)11/h2-8,11,14,16H,9-10,12-13,15H2,1H3,(H,24,27)(H,25,26);4-11,14H,12-13,15,22-23H2,1-3H3;7H,2-6H2,1H3,(H,10,11). The first kappa shape index (κ1) is 49.4. The molecule has 2 aliphatic heterocycles. The SMILES string of the molecule is CC1CCN(CC(=O)O)CC1.CC1CCN(Cc2nc3ccc(Oc4ccc(-c5ccn[nH]5)cc4)cc3[nH]2)CC1.C[Si](C)(C)CCOCn1nccc1-c1ccc(Oc2ccc(N)c(N)c2)cc1. The fourth-order valence-corrected chi connectivity index (χ4v) is 8.69. The van der Waals surface area contributed by atoms with Crippen LogP contribution in [0.5, 0.6) is 23.0 Å². The van der Waals surface area contributed by atoms with E-state index in [0.717, 1.165) is 127 Å². The highest BCUT2D eigenvalue weighted by Gasteiger charge is 2.19. The van der Waals surface area contributed by atoms with Crippen LogP contribution in [0.2, 0.25) is 25.7 Å². The maximum Gasteiger partial charge on any atom is 0.317 e. The van der Waals surface area contributed by atoms with Crippen molar-refractivity contribution in [3.8, 4) is 45.5 Å². The minimum absolute atomic E-state index is 0.215. The number of H-pyrrole nitrogens is 2. The van der Waals surface area contributed by atoms with Gasteiger partial charge in [-0.15, -0.1) is 0 Å². The number of nitrogens with zero attached hydrogens (tertiary/aromatic N) is 6. The zero-order chi connectivity index (χ0) is 48.0. The van der Waals surface area contributed by atoms with Gasteiger partial charge >= 0.3 is 5.97 Å². The molecule has 0 unspecified atom stereocenters. The van der Waals surface area contributed by atoms with Crippen LogP contribution in [-0.4, -0.2) is 98.2 Å². The van der Waals surface area contributed by atoms with Crippen LogP contribution < -0.4 is 20.9 Å². The summed E-state index contributed by atoms with van der Waals surface area (Å²) in [5.74, 6) is 4.92. The summed E-state index contributed by atoms with van der Waals surface area (Å²) < 4.78 is 19.6. The van der Waals surface area contributed by atoms with Crippen molar-refractivity contribution in [2.24, 2.45) is 11.8 Å². The second-order valence-electron chi connectivity index (χ2n) is 19.3. The van der Waals surface area contributed by atoms with E-state index >= 15 is 0 Å². The average molecular weight is 941 g/mol. The highest BCUT2D eigenvalue weighted by molar-refractivity contribution is 6.76. The van der Waals surface area contributed by atoms with Crippen LogP contribution in [0, 0.1) is 11.8 Å². The van der Waals surface area contributed by atoms with E-state index in [9.17, 15) is 4.79 Å². The molecule has 3 aromatic heterocycles. The predicted octanol–water partition coefficient (Wildman–Crippen LogP) is 10.6. The van der Waals surface area contributed by atoms with Gasteiger partial charge in [-0.25, -0.2) is 9.67 Å². The Labute approximate surface area is 400 Å². The van der Waals surface area contributed by atoms with Crippen LogP contribution in [0.4, 0.5) is 11.4 Å². The molecule has 15 nitrogen and oxygen atoms in total. The number of carboxylic acid groups (broad SMARTS) is 1. The lowest BCUT2D eigenvalue weighted by Gasteiger charge is -2.29. The number of rotatable bonds is 15. The first-order valence-electron chi connectivity index (χ1n) is 23.7. The first-order valence-corrected chi connectivity index (χ1v) is 27.4. The Kier molecular flexibility index (Phi) is 17.1. The number of hydrogen-bond donors (Lipinski definition) is 5. The highest BCUT2D eigenvalue weighted by Crippen LogP contribution is 2.30. The molecule has 9 rings (SSSR count). The van der Waals surface area contributed by atoms with E-state index in [1.807, 2.05) is 88.4 Å². The molecule has 7 N–H and O–H groups in total. The molecule has 5 heterocycles. The number of nitrogen functional groups attached to an aromatic ring is 2. The summed E-state index contributed by atoms with van der Waals surface area (Å²) in [7, 11) is -1.09. The third-order valence-electron chi connectivity index (χ3n) is 12.3. The number of carbonyl (C=O) groups is 1. The van der Waals surface area contributed by atoms with Crippen LogP contribution >= 0.6 is 0 Å². The molecule has 2 saturated heterocycles. The zero-order valence-electron chi connectivity index (χ0n) is 40.2. The smallest absolute Gasteiger partial charge is 0.317 e. The van der Waals surface area contributed by atoms with Gasteiger partial charge in [0.2, 0.25) is 0 Å². The number of piperidine rings is 2.